The van der Waals surface area contributed by atoms with Gasteiger partial charge in [0.1, 0.15) is 0 Å². The van der Waals surface area contributed by atoms with Gasteiger partial charge in [0.2, 0.25) is 0 Å². The van der Waals surface area contributed by atoms with E-state index in [0.717, 1.165) is 5.92 Å². The molecular formula is C21H24Se2. The Hall–Kier alpha value is -0.781. The van der Waals surface area contributed by atoms with Crippen molar-refractivity contribution in [3.63, 3.8) is 0 Å². The zero-order valence-electron chi connectivity index (χ0n) is 13.5. The van der Waals surface area contributed by atoms with Crippen LogP contribution in [0.25, 0.3) is 0 Å². The van der Waals surface area contributed by atoms with E-state index in [1.165, 1.54) is 46.3 Å². The van der Waals surface area contributed by atoms with Crippen LogP contribution in [-0.2, 0) is 0 Å². The van der Waals surface area contributed by atoms with E-state index >= 15 is 0 Å². The molecule has 0 radical (unpaired) electrons. The van der Waals surface area contributed by atoms with E-state index in [9.17, 15) is 0 Å². The molecule has 1 saturated carbocycles. The number of hydrogen-bond acceptors (Lipinski definition) is 0. The van der Waals surface area contributed by atoms with E-state index in [1.807, 2.05) is 0 Å². The molecule has 2 aromatic carbocycles. The van der Waals surface area contributed by atoms with Crippen LogP contribution < -0.4 is 8.92 Å². The van der Waals surface area contributed by atoms with Crippen molar-refractivity contribution in [1.82, 2.24) is 0 Å². The van der Waals surface area contributed by atoms with Gasteiger partial charge >= 0.3 is 153 Å². The summed E-state index contributed by atoms with van der Waals surface area (Å²) < 4.78 is 4.77. The van der Waals surface area contributed by atoms with Crippen molar-refractivity contribution in [1.29, 1.82) is 0 Å². The molecule has 1 fully saturated rings. The van der Waals surface area contributed by atoms with Crippen molar-refractivity contribution < 1.29 is 0 Å². The zero-order chi connectivity index (χ0) is 15.7. The molecule has 0 saturated heterocycles. The van der Waals surface area contributed by atoms with E-state index in [-0.39, 0.29) is 0 Å². The summed E-state index contributed by atoms with van der Waals surface area (Å²) in [6.07, 6.45) is 9.78. The Balaban J connectivity index is 1.68. The molecule has 0 atom stereocenters. The summed E-state index contributed by atoms with van der Waals surface area (Å²) in [6, 6.07) is 22.1. The van der Waals surface area contributed by atoms with Crippen LogP contribution in [-0.4, -0.2) is 29.9 Å². The standard InChI is InChI=1S/C21H24Se2/c1-4-10-18(11-5-1)16-21(23-20-14-8-3-9-15-20)17-22-19-12-6-2-7-13-19/h2-3,6-9,12-16,18H,1,4-5,10-11,17H2/b21-16+. The molecule has 0 nitrogen and oxygen atoms in total. The van der Waals surface area contributed by atoms with Gasteiger partial charge < -0.3 is 0 Å². The van der Waals surface area contributed by atoms with Crippen molar-refractivity contribution in [3.05, 3.63) is 71.2 Å². The monoisotopic (exact) mass is 436 g/mol. The van der Waals surface area contributed by atoms with Crippen LogP contribution in [0, 0.1) is 5.92 Å². The Bertz CT molecular complexity index is 598. The van der Waals surface area contributed by atoms with Crippen LogP contribution in [0.5, 0.6) is 0 Å². The average molecular weight is 434 g/mol. The molecule has 1 aliphatic rings. The van der Waals surface area contributed by atoms with Crippen molar-refractivity contribution in [2.45, 2.75) is 37.4 Å². The summed E-state index contributed by atoms with van der Waals surface area (Å²) >= 11 is 1.06. The van der Waals surface area contributed by atoms with Gasteiger partial charge in [-0.15, -0.1) is 0 Å². The Labute approximate surface area is 153 Å². The molecule has 3 rings (SSSR count). The van der Waals surface area contributed by atoms with Gasteiger partial charge in [0, 0.05) is 0 Å². The predicted molar refractivity (Wildman–Crippen MR) is 103 cm³/mol. The molecule has 0 aliphatic heterocycles. The molecule has 0 bridgehead atoms. The van der Waals surface area contributed by atoms with Gasteiger partial charge in [0.25, 0.3) is 0 Å². The Kier molecular flexibility index (Phi) is 7.04. The van der Waals surface area contributed by atoms with Crippen LogP contribution in [0.2, 0.25) is 5.32 Å². The van der Waals surface area contributed by atoms with Gasteiger partial charge in [0.05, 0.1) is 0 Å². The SMILES string of the molecule is C(=C(/C[Se]c1ccccc1)[Se]c1ccccc1)/C1CCCCC1. The Morgan fingerprint density at radius 3 is 2.09 bits per heavy atom. The molecule has 0 spiro atoms. The third-order valence-electron chi connectivity index (χ3n) is 4.19. The summed E-state index contributed by atoms with van der Waals surface area (Å²) in [5.41, 5.74) is 0. The first kappa shape index (κ1) is 17.1. The number of allylic oxidation sites excluding steroid dienone is 2. The van der Waals surface area contributed by atoms with Gasteiger partial charge in [-0.25, -0.2) is 0 Å². The van der Waals surface area contributed by atoms with Gasteiger partial charge in [-0.1, -0.05) is 0 Å². The molecule has 0 amide bonds. The minimum absolute atomic E-state index is 0.495. The molecular weight excluding hydrogens is 410 g/mol. The Morgan fingerprint density at radius 2 is 1.43 bits per heavy atom. The van der Waals surface area contributed by atoms with Gasteiger partial charge in [-0.2, -0.15) is 0 Å². The number of benzene rings is 2. The summed E-state index contributed by atoms with van der Waals surface area (Å²) in [7, 11) is 0. The van der Waals surface area contributed by atoms with Crippen LogP contribution >= 0.6 is 0 Å². The van der Waals surface area contributed by atoms with E-state index in [4.69, 9.17) is 0 Å². The van der Waals surface area contributed by atoms with E-state index in [1.54, 1.807) is 4.47 Å². The molecule has 1 aliphatic carbocycles. The second kappa shape index (κ2) is 9.50. The van der Waals surface area contributed by atoms with Crippen molar-refractivity contribution in [2.24, 2.45) is 5.92 Å². The summed E-state index contributed by atoms with van der Waals surface area (Å²) in [5, 5.41) is 1.28. The summed E-state index contributed by atoms with van der Waals surface area (Å²) in [5.74, 6) is 0.843. The minimum atomic E-state index is 0.495. The fourth-order valence-corrected chi connectivity index (χ4v) is 7.78. The van der Waals surface area contributed by atoms with Crippen molar-refractivity contribution in [2.75, 3.05) is 0 Å². The van der Waals surface area contributed by atoms with Crippen molar-refractivity contribution >= 4 is 38.8 Å². The number of rotatable bonds is 6. The summed E-state index contributed by atoms with van der Waals surface area (Å²) in [4.78, 5) is 0. The van der Waals surface area contributed by atoms with Gasteiger partial charge in [0.15, 0.2) is 0 Å². The van der Waals surface area contributed by atoms with Crippen LogP contribution in [0.4, 0.5) is 0 Å². The second-order valence-electron chi connectivity index (χ2n) is 6.05. The second-order valence-corrected chi connectivity index (χ2v) is 10.8. The molecule has 120 valence electrons. The number of hydrogen-bond donors (Lipinski definition) is 0. The van der Waals surface area contributed by atoms with E-state index < -0.39 is 0 Å². The molecule has 0 N–H and O–H groups in total. The van der Waals surface area contributed by atoms with Crippen LogP contribution in [0.15, 0.2) is 71.2 Å². The fourth-order valence-electron chi connectivity index (χ4n) is 2.99. The Morgan fingerprint density at radius 1 is 0.826 bits per heavy atom. The normalized spacial score (nSPS) is 16.4. The topological polar surface area (TPSA) is 0 Å². The van der Waals surface area contributed by atoms with Crippen LogP contribution in [0.1, 0.15) is 32.1 Å². The first-order valence-corrected chi connectivity index (χ1v) is 12.3. The third-order valence-corrected chi connectivity index (χ3v) is 9.54. The molecule has 0 unspecified atom stereocenters. The van der Waals surface area contributed by atoms with E-state index in [2.05, 4.69) is 66.7 Å². The first-order valence-electron chi connectivity index (χ1n) is 8.51. The fraction of sp³-hybridized carbons (Fsp3) is 0.333. The maximum absolute atomic E-state index is 2.66. The molecule has 23 heavy (non-hydrogen) atoms. The van der Waals surface area contributed by atoms with Gasteiger partial charge in [-0.05, 0) is 0 Å². The molecule has 2 heteroatoms. The molecule has 2 aromatic rings. The average Bonchev–Trinajstić information content (AvgIpc) is 2.62. The summed E-state index contributed by atoms with van der Waals surface area (Å²) in [6.45, 7) is 0. The van der Waals surface area contributed by atoms with Crippen LogP contribution in [0.3, 0.4) is 0 Å². The zero-order valence-corrected chi connectivity index (χ0v) is 16.9. The third kappa shape index (κ3) is 5.97. The van der Waals surface area contributed by atoms with E-state index in [0.29, 0.717) is 29.9 Å². The predicted octanol–water partition coefficient (Wildman–Crippen LogP) is 3.93. The molecule has 0 heterocycles. The molecule has 0 aromatic heterocycles. The maximum atomic E-state index is 2.66. The quantitative estimate of drug-likeness (QED) is 0.605. The first-order chi connectivity index (χ1) is 11.4. The van der Waals surface area contributed by atoms with Crippen molar-refractivity contribution in [3.8, 4) is 0 Å². The van der Waals surface area contributed by atoms with Gasteiger partial charge in [-0.3, -0.25) is 0 Å².